The first-order chi connectivity index (χ1) is 7.63. The van der Waals surface area contributed by atoms with Crippen LogP contribution in [0.25, 0.3) is 0 Å². The summed E-state index contributed by atoms with van der Waals surface area (Å²) in [6.45, 7) is 10.7. The van der Waals surface area contributed by atoms with Gasteiger partial charge in [-0.2, -0.15) is 0 Å². The normalized spacial score (nSPS) is 25.9. The van der Waals surface area contributed by atoms with Gasteiger partial charge in [-0.15, -0.1) is 0 Å². The van der Waals surface area contributed by atoms with Gasteiger partial charge in [0.1, 0.15) is 0 Å². The molecule has 1 aliphatic heterocycles. The molecule has 1 heterocycles. The molecule has 1 fully saturated rings. The fourth-order valence-corrected chi connectivity index (χ4v) is 2.37. The minimum atomic E-state index is 0.716. The van der Waals surface area contributed by atoms with Crippen LogP contribution in [0, 0.1) is 5.92 Å². The van der Waals surface area contributed by atoms with Gasteiger partial charge in [-0.3, -0.25) is 0 Å². The third-order valence-corrected chi connectivity index (χ3v) is 3.55. The predicted molar refractivity (Wildman–Crippen MR) is 70.9 cm³/mol. The molecule has 0 aromatic rings. The Morgan fingerprint density at radius 2 is 1.94 bits per heavy atom. The number of nitrogens with one attached hydrogen (secondary N) is 1. The maximum atomic E-state index is 3.63. The molecule has 1 N–H and O–H groups in total. The van der Waals surface area contributed by atoms with Crippen molar-refractivity contribution in [3.8, 4) is 0 Å². The van der Waals surface area contributed by atoms with E-state index in [1.807, 2.05) is 0 Å². The van der Waals surface area contributed by atoms with Crippen molar-refractivity contribution in [2.24, 2.45) is 5.92 Å². The first kappa shape index (κ1) is 13.9. The second kappa shape index (κ2) is 7.25. The van der Waals surface area contributed by atoms with Crippen molar-refractivity contribution in [3.63, 3.8) is 0 Å². The molecule has 2 unspecified atom stereocenters. The first-order valence-electron chi connectivity index (χ1n) is 6.74. The molecular weight excluding hydrogens is 198 g/mol. The molecule has 0 aliphatic carbocycles. The molecule has 16 heavy (non-hydrogen) atoms. The number of rotatable bonds is 7. The summed E-state index contributed by atoms with van der Waals surface area (Å²) in [4.78, 5) is 4.88. The molecule has 0 aromatic heterocycles. The van der Waals surface area contributed by atoms with Gasteiger partial charge in [-0.05, 0) is 45.9 Å². The predicted octanol–water partition coefficient (Wildman–Crippen LogP) is 1.26. The van der Waals surface area contributed by atoms with Crippen LogP contribution < -0.4 is 5.32 Å². The van der Waals surface area contributed by atoms with Crippen LogP contribution in [0.4, 0.5) is 0 Å². The fourth-order valence-electron chi connectivity index (χ4n) is 2.37. The minimum absolute atomic E-state index is 0.716. The lowest BCUT2D eigenvalue weighted by Crippen LogP contribution is -2.42. The Morgan fingerprint density at radius 1 is 1.19 bits per heavy atom. The second-order valence-electron chi connectivity index (χ2n) is 5.43. The van der Waals surface area contributed by atoms with E-state index in [0.717, 1.165) is 5.92 Å². The highest BCUT2D eigenvalue weighted by Gasteiger charge is 2.24. The van der Waals surface area contributed by atoms with Crippen LogP contribution in [0.5, 0.6) is 0 Å². The van der Waals surface area contributed by atoms with E-state index in [4.69, 9.17) is 0 Å². The third kappa shape index (κ3) is 4.81. The summed E-state index contributed by atoms with van der Waals surface area (Å²) in [5.74, 6) is 0.846. The van der Waals surface area contributed by atoms with Gasteiger partial charge in [0.25, 0.3) is 0 Å². The Morgan fingerprint density at radius 3 is 2.44 bits per heavy atom. The van der Waals surface area contributed by atoms with E-state index in [9.17, 15) is 0 Å². The van der Waals surface area contributed by atoms with Crippen molar-refractivity contribution in [1.82, 2.24) is 15.1 Å². The molecular formula is C13H29N3. The summed E-state index contributed by atoms with van der Waals surface area (Å²) in [7, 11) is 4.31. The highest BCUT2D eigenvalue weighted by atomic mass is 15.2. The van der Waals surface area contributed by atoms with Crippen LogP contribution in [0.1, 0.15) is 26.7 Å². The van der Waals surface area contributed by atoms with Crippen molar-refractivity contribution in [2.75, 3.05) is 46.8 Å². The summed E-state index contributed by atoms with van der Waals surface area (Å²) in [6.07, 6.45) is 2.60. The van der Waals surface area contributed by atoms with Gasteiger partial charge in [0, 0.05) is 25.7 Å². The van der Waals surface area contributed by atoms with Crippen molar-refractivity contribution < 1.29 is 0 Å². The van der Waals surface area contributed by atoms with Gasteiger partial charge in [0.15, 0.2) is 0 Å². The van der Waals surface area contributed by atoms with E-state index in [1.165, 1.54) is 45.6 Å². The summed E-state index contributed by atoms with van der Waals surface area (Å²) < 4.78 is 0. The topological polar surface area (TPSA) is 18.5 Å². The van der Waals surface area contributed by atoms with Gasteiger partial charge in [-0.1, -0.05) is 13.8 Å². The Kier molecular flexibility index (Phi) is 6.32. The van der Waals surface area contributed by atoms with Crippen LogP contribution in [-0.4, -0.2) is 62.7 Å². The number of hydrogen-bond acceptors (Lipinski definition) is 3. The van der Waals surface area contributed by atoms with E-state index in [1.54, 1.807) is 0 Å². The van der Waals surface area contributed by atoms with Gasteiger partial charge >= 0.3 is 0 Å². The molecule has 0 spiro atoms. The summed E-state index contributed by atoms with van der Waals surface area (Å²) in [6, 6.07) is 0.716. The van der Waals surface area contributed by atoms with Crippen LogP contribution in [0.3, 0.4) is 0 Å². The zero-order chi connectivity index (χ0) is 12.0. The monoisotopic (exact) mass is 227 g/mol. The SMILES string of the molecule is CCCN(CCN(C)C)CC1NCCC1C. The lowest BCUT2D eigenvalue weighted by atomic mass is 10.0. The Bertz CT molecular complexity index is 182. The lowest BCUT2D eigenvalue weighted by molar-refractivity contribution is 0.212. The molecule has 1 saturated heterocycles. The van der Waals surface area contributed by atoms with Gasteiger partial charge < -0.3 is 15.1 Å². The molecule has 3 heteroatoms. The Hall–Kier alpha value is -0.120. The van der Waals surface area contributed by atoms with Crippen molar-refractivity contribution in [2.45, 2.75) is 32.7 Å². The third-order valence-electron chi connectivity index (χ3n) is 3.55. The number of nitrogens with zero attached hydrogens (tertiary/aromatic N) is 2. The molecule has 96 valence electrons. The van der Waals surface area contributed by atoms with Crippen molar-refractivity contribution in [3.05, 3.63) is 0 Å². The van der Waals surface area contributed by atoms with Crippen molar-refractivity contribution in [1.29, 1.82) is 0 Å². The van der Waals surface area contributed by atoms with E-state index < -0.39 is 0 Å². The van der Waals surface area contributed by atoms with Crippen LogP contribution in [0.15, 0.2) is 0 Å². The minimum Gasteiger partial charge on any atom is -0.312 e. The first-order valence-corrected chi connectivity index (χ1v) is 6.74. The van der Waals surface area contributed by atoms with Gasteiger partial charge in [0.05, 0.1) is 0 Å². The molecule has 0 bridgehead atoms. The zero-order valence-electron chi connectivity index (χ0n) is 11.5. The molecule has 0 radical (unpaired) electrons. The van der Waals surface area contributed by atoms with E-state index in [-0.39, 0.29) is 0 Å². The van der Waals surface area contributed by atoms with Gasteiger partial charge in [0.2, 0.25) is 0 Å². The molecule has 3 nitrogen and oxygen atoms in total. The highest BCUT2D eigenvalue weighted by molar-refractivity contribution is 4.83. The number of hydrogen-bond donors (Lipinski definition) is 1. The maximum Gasteiger partial charge on any atom is 0.0221 e. The van der Waals surface area contributed by atoms with Crippen molar-refractivity contribution >= 4 is 0 Å². The largest absolute Gasteiger partial charge is 0.312 e. The maximum absolute atomic E-state index is 3.63. The lowest BCUT2D eigenvalue weighted by Gasteiger charge is -2.28. The molecule has 0 aromatic carbocycles. The standard InChI is InChI=1S/C13H29N3/c1-5-8-16(10-9-15(3)4)11-13-12(2)6-7-14-13/h12-14H,5-11H2,1-4H3. The molecule has 0 amide bonds. The molecule has 1 aliphatic rings. The smallest absolute Gasteiger partial charge is 0.0221 e. The zero-order valence-corrected chi connectivity index (χ0v) is 11.5. The fraction of sp³-hybridized carbons (Fsp3) is 1.00. The van der Waals surface area contributed by atoms with E-state index in [2.05, 4.69) is 43.1 Å². The second-order valence-corrected chi connectivity index (χ2v) is 5.43. The quantitative estimate of drug-likeness (QED) is 0.706. The molecule has 2 atom stereocenters. The molecule has 0 saturated carbocycles. The summed E-state index contributed by atoms with van der Waals surface area (Å²) in [5.41, 5.74) is 0. The number of likely N-dealkylation sites (N-methyl/N-ethyl adjacent to an activating group) is 1. The van der Waals surface area contributed by atoms with Crippen LogP contribution in [-0.2, 0) is 0 Å². The molecule has 1 rings (SSSR count). The average molecular weight is 227 g/mol. The summed E-state index contributed by atoms with van der Waals surface area (Å²) >= 11 is 0. The summed E-state index contributed by atoms with van der Waals surface area (Å²) in [5, 5.41) is 3.63. The Labute approximate surface area is 101 Å². The van der Waals surface area contributed by atoms with E-state index >= 15 is 0 Å². The Balaban J connectivity index is 2.31. The van der Waals surface area contributed by atoms with Crippen LogP contribution >= 0.6 is 0 Å². The van der Waals surface area contributed by atoms with E-state index in [0.29, 0.717) is 6.04 Å². The average Bonchev–Trinajstić information content (AvgIpc) is 2.61. The highest BCUT2D eigenvalue weighted by Crippen LogP contribution is 2.15. The van der Waals surface area contributed by atoms with Crippen LogP contribution in [0.2, 0.25) is 0 Å². The van der Waals surface area contributed by atoms with Gasteiger partial charge in [-0.25, -0.2) is 0 Å².